The summed E-state index contributed by atoms with van der Waals surface area (Å²) in [6.45, 7) is 3.44. The van der Waals surface area contributed by atoms with Crippen LogP contribution in [0.25, 0.3) is 0 Å². The first-order valence-electron chi connectivity index (χ1n) is 12.4. The highest BCUT2D eigenvalue weighted by Crippen LogP contribution is 2.35. The number of amides is 1. The molecule has 0 rings (SSSR count). The normalized spacial score (nSPS) is 12.2. The van der Waals surface area contributed by atoms with E-state index in [4.69, 9.17) is 19.3 Å². The number of hydrogen-bond donors (Lipinski definition) is 3. The molecule has 0 aliphatic carbocycles. The summed E-state index contributed by atoms with van der Waals surface area (Å²) < 4.78 is 25.7. The summed E-state index contributed by atoms with van der Waals surface area (Å²) in [6.07, 6.45) is 10.9. The monoisotopic (exact) mass is 509 g/mol. The molecule has 11 heteroatoms. The predicted octanol–water partition coefficient (Wildman–Crippen LogP) is 4.17. The van der Waals surface area contributed by atoms with Crippen molar-refractivity contribution in [2.45, 2.75) is 110 Å². The third-order valence-corrected chi connectivity index (χ3v) is 5.56. The van der Waals surface area contributed by atoms with E-state index in [9.17, 15) is 18.9 Å². The second-order valence-electron chi connectivity index (χ2n) is 8.45. The number of nitrogens with one attached hydrogen (secondary N) is 1. The molecule has 0 aliphatic rings. The van der Waals surface area contributed by atoms with E-state index in [-0.39, 0.29) is 25.4 Å². The molecule has 1 amide bonds. The predicted molar refractivity (Wildman–Crippen MR) is 128 cm³/mol. The first-order valence-corrected chi connectivity index (χ1v) is 14.0. The summed E-state index contributed by atoms with van der Waals surface area (Å²) in [7, 11) is -4.74. The Labute approximate surface area is 203 Å². The van der Waals surface area contributed by atoms with Crippen LogP contribution in [0.1, 0.15) is 104 Å². The molecular formula is C23H44NO9P. The topological polar surface area (TPSA) is 148 Å². The fourth-order valence-electron chi connectivity index (χ4n) is 3.21. The number of phosphoric acid groups is 1. The zero-order valence-corrected chi connectivity index (χ0v) is 21.7. The van der Waals surface area contributed by atoms with Gasteiger partial charge in [0.1, 0.15) is 6.61 Å². The molecule has 0 aromatic carbocycles. The molecular weight excluding hydrogens is 465 g/mol. The van der Waals surface area contributed by atoms with Crippen molar-refractivity contribution in [3.05, 3.63) is 0 Å². The van der Waals surface area contributed by atoms with Gasteiger partial charge in [0.15, 0.2) is 6.10 Å². The molecule has 1 atom stereocenters. The highest BCUT2D eigenvalue weighted by atomic mass is 31.2. The van der Waals surface area contributed by atoms with Crippen LogP contribution in [0, 0.1) is 0 Å². The molecule has 0 aliphatic heterocycles. The minimum Gasteiger partial charge on any atom is -0.462 e. The van der Waals surface area contributed by atoms with Crippen LogP contribution < -0.4 is 5.32 Å². The zero-order chi connectivity index (χ0) is 25.7. The SMILES string of the molecule is CCCCCCCC(=O)O[C@@H](COC(=O)CCCCCCCCCNC(C)=O)COP(=O)(O)O. The van der Waals surface area contributed by atoms with Gasteiger partial charge in [-0.2, -0.15) is 0 Å². The molecule has 10 nitrogen and oxygen atoms in total. The van der Waals surface area contributed by atoms with E-state index < -0.39 is 32.5 Å². The number of ether oxygens (including phenoxy) is 2. The van der Waals surface area contributed by atoms with E-state index >= 15 is 0 Å². The Morgan fingerprint density at radius 3 is 1.88 bits per heavy atom. The van der Waals surface area contributed by atoms with Crippen LogP contribution in [0.3, 0.4) is 0 Å². The number of carbonyl (C=O) groups is 3. The van der Waals surface area contributed by atoms with Gasteiger partial charge in [0, 0.05) is 26.3 Å². The van der Waals surface area contributed by atoms with Gasteiger partial charge in [0.2, 0.25) is 5.91 Å². The van der Waals surface area contributed by atoms with Crippen LogP contribution in [0.2, 0.25) is 0 Å². The maximum Gasteiger partial charge on any atom is 0.469 e. The minimum absolute atomic E-state index is 0.0107. The van der Waals surface area contributed by atoms with E-state index in [0.29, 0.717) is 19.4 Å². The van der Waals surface area contributed by atoms with E-state index in [2.05, 4.69) is 16.8 Å². The standard InChI is InChI=1S/C23H44NO9P/c1-3-4-5-9-13-16-23(27)33-21(19-32-34(28,29)30)18-31-22(26)15-12-10-7-6-8-11-14-17-24-20(2)25/h21H,3-19H2,1-2H3,(H,24,25)(H2,28,29,30)/t21-/m0/s1. The van der Waals surface area contributed by atoms with Gasteiger partial charge in [-0.25, -0.2) is 4.57 Å². The van der Waals surface area contributed by atoms with Crippen LogP contribution in [0.4, 0.5) is 0 Å². The first-order chi connectivity index (χ1) is 16.1. The molecule has 0 aromatic rings. The van der Waals surface area contributed by atoms with Gasteiger partial charge in [-0.05, 0) is 19.3 Å². The van der Waals surface area contributed by atoms with Crippen molar-refractivity contribution in [1.82, 2.24) is 5.32 Å². The van der Waals surface area contributed by atoms with Gasteiger partial charge in [-0.15, -0.1) is 0 Å². The number of hydrogen-bond acceptors (Lipinski definition) is 7. The Morgan fingerprint density at radius 2 is 1.32 bits per heavy atom. The maximum atomic E-state index is 12.0. The quantitative estimate of drug-likeness (QED) is 0.111. The summed E-state index contributed by atoms with van der Waals surface area (Å²) in [5, 5.41) is 2.77. The number of esters is 2. The van der Waals surface area contributed by atoms with Crippen LogP contribution in [0.5, 0.6) is 0 Å². The van der Waals surface area contributed by atoms with E-state index in [0.717, 1.165) is 64.2 Å². The lowest BCUT2D eigenvalue weighted by Gasteiger charge is -2.18. The van der Waals surface area contributed by atoms with Crippen LogP contribution in [-0.2, 0) is 32.9 Å². The molecule has 0 saturated heterocycles. The summed E-state index contributed by atoms with van der Waals surface area (Å²) >= 11 is 0. The smallest absolute Gasteiger partial charge is 0.462 e. The minimum atomic E-state index is -4.74. The molecule has 34 heavy (non-hydrogen) atoms. The van der Waals surface area contributed by atoms with Gasteiger partial charge in [-0.1, -0.05) is 64.7 Å². The number of unbranched alkanes of at least 4 members (excludes halogenated alkanes) is 10. The van der Waals surface area contributed by atoms with Gasteiger partial charge in [-0.3, -0.25) is 18.9 Å². The number of rotatable bonds is 22. The van der Waals surface area contributed by atoms with E-state index in [1.54, 1.807) is 0 Å². The molecule has 0 spiro atoms. The van der Waals surface area contributed by atoms with Crippen LogP contribution in [-0.4, -0.2) is 53.5 Å². The third kappa shape index (κ3) is 23.7. The average molecular weight is 510 g/mol. The van der Waals surface area contributed by atoms with Gasteiger partial charge >= 0.3 is 19.8 Å². The lowest BCUT2D eigenvalue weighted by atomic mass is 10.1. The van der Waals surface area contributed by atoms with Crippen LogP contribution >= 0.6 is 7.82 Å². The van der Waals surface area contributed by atoms with Gasteiger partial charge in [0.05, 0.1) is 6.61 Å². The van der Waals surface area contributed by atoms with Crippen molar-refractivity contribution in [3.8, 4) is 0 Å². The van der Waals surface area contributed by atoms with E-state index in [1.807, 2.05) is 0 Å². The molecule has 200 valence electrons. The Hall–Kier alpha value is -1.48. The second kappa shape index (κ2) is 20.9. The number of phosphoric ester groups is 1. The Balaban J connectivity index is 4.06. The molecule has 0 radical (unpaired) electrons. The van der Waals surface area contributed by atoms with Crippen molar-refractivity contribution in [3.63, 3.8) is 0 Å². The zero-order valence-electron chi connectivity index (χ0n) is 20.8. The van der Waals surface area contributed by atoms with Gasteiger partial charge < -0.3 is 24.6 Å². The molecule has 3 N–H and O–H groups in total. The Morgan fingerprint density at radius 1 is 0.794 bits per heavy atom. The Kier molecular flexibility index (Phi) is 19.9. The fraction of sp³-hybridized carbons (Fsp3) is 0.870. The molecule has 0 unspecified atom stereocenters. The molecule has 0 saturated carbocycles. The third-order valence-electron chi connectivity index (χ3n) is 5.07. The highest BCUT2D eigenvalue weighted by molar-refractivity contribution is 7.46. The van der Waals surface area contributed by atoms with Crippen molar-refractivity contribution in [2.24, 2.45) is 0 Å². The summed E-state index contributed by atoms with van der Waals surface area (Å²) in [5.74, 6) is -0.973. The Bertz CT molecular complexity index is 609. The second-order valence-corrected chi connectivity index (χ2v) is 9.69. The van der Waals surface area contributed by atoms with Crippen molar-refractivity contribution in [1.29, 1.82) is 0 Å². The lowest BCUT2D eigenvalue weighted by molar-refractivity contribution is -0.161. The van der Waals surface area contributed by atoms with Gasteiger partial charge in [0.25, 0.3) is 0 Å². The molecule has 0 fully saturated rings. The van der Waals surface area contributed by atoms with Crippen molar-refractivity contribution >= 4 is 25.7 Å². The number of carbonyl (C=O) groups excluding carboxylic acids is 3. The molecule has 0 aromatic heterocycles. The highest BCUT2D eigenvalue weighted by Gasteiger charge is 2.22. The first kappa shape index (κ1) is 32.5. The maximum absolute atomic E-state index is 12.0. The largest absolute Gasteiger partial charge is 0.469 e. The van der Waals surface area contributed by atoms with Crippen molar-refractivity contribution in [2.75, 3.05) is 19.8 Å². The lowest BCUT2D eigenvalue weighted by Crippen LogP contribution is -2.29. The summed E-state index contributed by atoms with van der Waals surface area (Å²) in [6, 6.07) is 0. The fourth-order valence-corrected chi connectivity index (χ4v) is 3.58. The van der Waals surface area contributed by atoms with E-state index in [1.165, 1.54) is 6.92 Å². The summed E-state index contributed by atoms with van der Waals surface area (Å²) in [4.78, 5) is 52.5. The average Bonchev–Trinajstić information content (AvgIpc) is 2.76. The van der Waals surface area contributed by atoms with Crippen molar-refractivity contribution < 1.29 is 42.7 Å². The summed E-state index contributed by atoms with van der Waals surface area (Å²) in [5.41, 5.74) is 0. The van der Waals surface area contributed by atoms with Crippen LogP contribution in [0.15, 0.2) is 0 Å². The molecule has 0 heterocycles. The molecule has 0 bridgehead atoms.